The van der Waals surface area contributed by atoms with E-state index >= 15 is 0 Å². The van der Waals surface area contributed by atoms with Gasteiger partial charge in [0.05, 0.1) is 11.0 Å². The standard InChI is InChI=1S/C16H19NO3S/c1-12-7-9-14(10-8-12)21(19,20)17-11-16(18)15-6-4-3-5-13(15)2/h3-10,16-18H,11H2,1-2H3. The zero-order valence-electron chi connectivity index (χ0n) is 12.1. The summed E-state index contributed by atoms with van der Waals surface area (Å²) in [6.45, 7) is 3.72. The molecule has 0 fully saturated rings. The molecule has 2 N–H and O–H groups in total. The van der Waals surface area contributed by atoms with Crippen molar-refractivity contribution in [1.29, 1.82) is 0 Å². The Kier molecular flexibility index (Phi) is 4.77. The molecule has 0 aliphatic rings. The summed E-state index contributed by atoms with van der Waals surface area (Å²) in [6, 6.07) is 14.0. The van der Waals surface area contributed by atoms with Gasteiger partial charge in [0.1, 0.15) is 0 Å². The van der Waals surface area contributed by atoms with E-state index in [0.717, 1.165) is 16.7 Å². The van der Waals surface area contributed by atoms with Crippen molar-refractivity contribution in [2.75, 3.05) is 6.54 Å². The van der Waals surface area contributed by atoms with Gasteiger partial charge in [-0.05, 0) is 37.1 Å². The monoisotopic (exact) mass is 305 g/mol. The molecule has 0 bridgehead atoms. The second kappa shape index (κ2) is 6.39. The highest BCUT2D eigenvalue weighted by Crippen LogP contribution is 2.17. The van der Waals surface area contributed by atoms with Crippen LogP contribution in [0.25, 0.3) is 0 Å². The molecule has 0 saturated heterocycles. The van der Waals surface area contributed by atoms with E-state index in [1.54, 1.807) is 30.3 Å². The summed E-state index contributed by atoms with van der Waals surface area (Å²) in [6.07, 6.45) is -0.869. The minimum atomic E-state index is -3.60. The first-order valence-corrected chi connectivity index (χ1v) is 8.18. The Morgan fingerprint density at radius 2 is 1.67 bits per heavy atom. The molecule has 2 rings (SSSR count). The minimum absolute atomic E-state index is 0.0545. The Balaban J connectivity index is 2.08. The maximum absolute atomic E-state index is 12.1. The Bertz CT molecular complexity index is 709. The second-order valence-electron chi connectivity index (χ2n) is 5.04. The average molecular weight is 305 g/mol. The van der Waals surface area contributed by atoms with Crippen LogP contribution in [-0.4, -0.2) is 20.1 Å². The summed E-state index contributed by atoms with van der Waals surface area (Å²) < 4.78 is 26.7. The molecule has 0 aliphatic heterocycles. The summed E-state index contributed by atoms with van der Waals surface area (Å²) in [4.78, 5) is 0.199. The highest BCUT2D eigenvalue weighted by Gasteiger charge is 2.17. The van der Waals surface area contributed by atoms with E-state index in [1.165, 1.54) is 0 Å². The van der Waals surface area contributed by atoms with Gasteiger partial charge in [-0.25, -0.2) is 13.1 Å². The summed E-state index contributed by atoms with van der Waals surface area (Å²) in [7, 11) is -3.60. The van der Waals surface area contributed by atoms with Gasteiger partial charge in [0.2, 0.25) is 10.0 Å². The van der Waals surface area contributed by atoms with Crippen molar-refractivity contribution < 1.29 is 13.5 Å². The topological polar surface area (TPSA) is 66.4 Å². The van der Waals surface area contributed by atoms with Crippen LogP contribution in [0.5, 0.6) is 0 Å². The maximum atomic E-state index is 12.1. The second-order valence-corrected chi connectivity index (χ2v) is 6.80. The molecule has 0 aliphatic carbocycles. The van der Waals surface area contributed by atoms with Gasteiger partial charge in [-0.15, -0.1) is 0 Å². The van der Waals surface area contributed by atoms with Crippen LogP contribution < -0.4 is 4.72 Å². The fraction of sp³-hybridized carbons (Fsp3) is 0.250. The molecule has 112 valence electrons. The molecule has 0 heterocycles. The van der Waals surface area contributed by atoms with E-state index in [1.807, 2.05) is 32.0 Å². The van der Waals surface area contributed by atoms with Crippen molar-refractivity contribution in [3.63, 3.8) is 0 Å². The molecule has 0 amide bonds. The predicted octanol–water partition coefficient (Wildman–Crippen LogP) is 2.32. The van der Waals surface area contributed by atoms with Crippen LogP contribution in [0.1, 0.15) is 22.8 Å². The Labute approximate surface area is 125 Å². The molecule has 0 radical (unpaired) electrons. The van der Waals surface area contributed by atoms with Crippen molar-refractivity contribution >= 4 is 10.0 Å². The smallest absolute Gasteiger partial charge is 0.240 e. The van der Waals surface area contributed by atoms with E-state index in [0.29, 0.717) is 0 Å². The Morgan fingerprint density at radius 3 is 2.29 bits per heavy atom. The highest BCUT2D eigenvalue weighted by atomic mass is 32.2. The van der Waals surface area contributed by atoms with Gasteiger partial charge >= 0.3 is 0 Å². The van der Waals surface area contributed by atoms with Crippen molar-refractivity contribution in [3.8, 4) is 0 Å². The predicted molar refractivity (Wildman–Crippen MR) is 82.5 cm³/mol. The number of aryl methyl sites for hydroxylation is 2. The third-order valence-corrected chi connectivity index (χ3v) is 4.78. The minimum Gasteiger partial charge on any atom is -0.387 e. The number of benzene rings is 2. The molecule has 1 unspecified atom stereocenters. The zero-order chi connectivity index (χ0) is 15.5. The van der Waals surface area contributed by atoms with Gasteiger partial charge in [-0.3, -0.25) is 0 Å². The van der Waals surface area contributed by atoms with Crippen LogP contribution in [0.3, 0.4) is 0 Å². The van der Waals surface area contributed by atoms with Gasteiger partial charge in [-0.1, -0.05) is 42.0 Å². The van der Waals surface area contributed by atoms with Crippen LogP contribution in [-0.2, 0) is 10.0 Å². The van der Waals surface area contributed by atoms with E-state index in [9.17, 15) is 13.5 Å². The average Bonchev–Trinajstić information content (AvgIpc) is 2.46. The molecule has 21 heavy (non-hydrogen) atoms. The normalized spacial score (nSPS) is 13.1. The highest BCUT2D eigenvalue weighted by molar-refractivity contribution is 7.89. The largest absolute Gasteiger partial charge is 0.387 e. The lowest BCUT2D eigenvalue weighted by atomic mass is 10.0. The molecule has 4 nitrogen and oxygen atoms in total. The third-order valence-electron chi connectivity index (χ3n) is 3.35. The summed E-state index contributed by atoms with van der Waals surface area (Å²) in [5.74, 6) is 0. The van der Waals surface area contributed by atoms with Crippen LogP contribution in [0.15, 0.2) is 53.4 Å². The third kappa shape index (κ3) is 3.91. The number of aliphatic hydroxyl groups is 1. The zero-order valence-corrected chi connectivity index (χ0v) is 12.9. The lowest BCUT2D eigenvalue weighted by Crippen LogP contribution is -2.28. The van der Waals surface area contributed by atoms with Crippen LogP contribution in [0.4, 0.5) is 0 Å². The first kappa shape index (κ1) is 15.7. The number of hydrogen-bond donors (Lipinski definition) is 2. The number of rotatable bonds is 5. The van der Waals surface area contributed by atoms with Crippen molar-refractivity contribution in [2.24, 2.45) is 0 Å². The van der Waals surface area contributed by atoms with Gasteiger partial charge in [-0.2, -0.15) is 0 Å². The number of hydrogen-bond acceptors (Lipinski definition) is 3. The van der Waals surface area contributed by atoms with Crippen molar-refractivity contribution in [3.05, 3.63) is 65.2 Å². The first-order chi connectivity index (χ1) is 9.90. The molecule has 2 aromatic rings. The van der Waals surface area contributed by atoms with Gasteiger partial charge in [0, 0.05) is 6.54 Å². The van der Waals surface area contributed by atoms with Gasteiger partial charge < -0.3 is 5.11 Å². The van der Waals surface area contributed by atoms with Crippen molar-refractivity contribution in [2.45, 2.75) is 24.8 Å². The van der Waals surface area contributed by atoms with E-state index < -0.39 is 16.1 Å². The molecule has 1 atom stereocenters. The Morgan fingerprint density at radius 1 is 1.05 bits per heavy atom. The number of aliphatic hydroxyl groups excluding tert-OH is 1. The number of nitrogens with one attached hydrogen (secondary N) is 1. The molecular weight excluding hydrogens is 286 g/mol. The van der Waals surface area contributed by atoms with Crippen LogP contribution in [0.2, 0.25) is 0 Å². The summed E-state index contributed by atoms with van der Waals surface area (Å²) >= 11 is 0. The maximum Gasteiger partial charge on any atom is 0.240 e. The van der Waals surface area contributed by atoms with E-state index in [-0.39, 0.29) is 11.4 Å². The quantitative estimate of drug-likeness (QED) is 0.891. The van der Waals surface area contributed by atoms with Gasteiger partial charge in [0.15, 0.2) is 0 Å². The molecule has 2 aromatic carbocycles. The van der Waals surface area contributed by atoms with E-state index in [4.69, 9.17) is 0 Å². The fourth-order valence-electron chi connectivity index (χ4n) is 2.06. The first-order valence-electron chi connectivity index (χ1n) is 6.70. The molecule has 0 saturated carbocycles. The SMILES string of the molecule is Cc1ccc(S(=O)(=O)NCC(O)c2ccccc2C)cc1. The van der Waals surface area contributed by atoms with Crippen molar-refractivity contribution in [1.82, 2.24) is 4.72 Å². The molecule has 0 aromatic heterocycles. The molecule has 5 heteroatoms. The fourth-order valence-corrected chi connectivity index (χ4v) is 3.10. The molecule has 0 spiro atoms. The van der Waals surface area contributed by atoms with Crippen LogP contribution >= 0.6 is 0 Å². The summed E-state index contributed by atoms with van der Waals surface area (Å²) in [5, 5.41) is 10.1. The summed E-state index contributed by atoms with van der Waals surface area (Å²) in [5.41, 5.74) is 2.65. The molecular formula is C16H19NO3S. The Hall–Kier alpha value is -1.69. The van der Waals surface area contributed by atoms with E-state index in [2.05, 4.69) is 4.72 Å². The lowest BCUT2D eigenvalue weighted by molar-refractivity contribution is 0.181. The van der Waals surface area contributed by atoms with Crippen LogP contribution in [0, 0.1) is 13.8 Å². The number of sulfonamides is 1. The lowest BCUT2D eigenvalue weighted by Gasteiger charge is -2.14. The van der Waals surface area contributed by atoms with Gasteiger partial charge in [0.25, 0.3) is 0 Å².